The number of halogens is 4. The molecule has 0 radical (unpaired) electrons. The molecule has 1 aliphatic heterocycles. The minimum atomic E-state index is -1.05. The first kappa shape index (κ1) is 24.5. The van der Waals surface area contributed by atoms with Gasteiger partial charge in [0.05, 0.1) is 11.1 Å². The Morgan fingerprint density at radius 2 is 1.21 bits per heavy atom. The van der Waals surface area contributed by atoms with Crippen molar-refractivity contribution in [2.24, 2.45) is 0 Å². The van der Waals surface area contributed by atoms with Gasteiger partial charge in [-0.1, -0.05) is 12.1 Å². The Labute approximate surface area is 195 Å². The van der Waals surface area contributed by atoms with Gasteiger partial charge in [0.15, 0.2) is 34.8 Å². The molecule has 2 N–H and O–H groups in total. The molecule has 4 rings (SSSR count). The lowest BCUT2D eigenvalue weighted by Gasteiger charge is -2.13. The van der Waals surface area contributed by atoms with Crippen LogP contribution in [0.5, 0.6) is 11.5 Å². The van der Waals surface area contributed by atoms with Crippen LogP contribution in [0, 0.1) is 23.3 Å². The Balaban J connectivity index is 0.000000257. The maximum absolute atomic E-state index is 13.2. The van der Waals surface area contributed by atoms with Gasteiger partial charge in [-0.2, -0.15) is 0 Å². The van der Waals surface area contributed by atoms with E-state index in [-0.39, 0.29) is 33.9 Å². The molecule has 0 fully saturated rings. The summed E-state index contributed by atoms with van der Waals surface area (Å²) < 4.78 is 51.1. The summed E-state index contributed by atoms with van der Waals surface area (Å²) in [5.41, 5.74) is 0.730. The summed E-state index contributed by atoms with van der Waals surface area (Å²) in [5, 5.41) is 17.6. The van der Waals surface area contributed by atoms with Crippen molar-refractivity contribution in [3.63, 3.8) is 0 Å². The van der Waals surface area contributed by atoms with E-state index in [0.29, 0.717) is 11.1 Å². The molecule has 3 aromatic carbocycles. The average molecular weight is 497 g/mol. The molecule has 33 heavy (non-hydrogen) atoms. The molecule has 5 nitrogen and oxygen atoms in total. The van der Waals surface area contributed by atoms with Crippen LogP contribution in [-0.4, -0.2) is 39.2 Å². The monoisotopic (exact) mass is 497 g/mol. The molecular weight excluding hydrogens is 482 g/mol. The first-order valence-corrected chi connectivity index (χ1v) is 10.7. The van der Waals surface area contributed by atoms with Gasteiger partial charge in [0.2, 0.25) is 0 Å². The number of fused-ring (bicyclic) bond motifs is 1. The lowest BCUT2D eigenvalue weighted by Crippen LogP contribution is -2.31. The number of benzene rings is 3. The number of phenols is 2. The zero-order valence-corrected chi connectivity index (χ0v) is 18.3. The number of thiol groups is 1. The molecule has 0 aromatic heterocycles. The molecule has 2 amide bonds. The van der Waals surface area contributed by atoms with Crippen molar-refractivity contribution in [2.45, 2.75) is 9.79 Å². The molecule has 0 atom stereocenters. The zero-order valence-electron chi connectivity index (χ0n) is 16.6. The number of hydrogen-bond acceptors (Lipinski definition) is 6. The van der Waals surface area contributed by atoms with Crippen LogP contribution in [0.2, 0.25) is 0 Å². The van der Waals surface area contributed by atoms with Gasteiger partial charge < -0.3 is 10.2 Å². The number of carbonyl (C=O) groups is 2. The maximum atomic E-state index is 13.2. The van der Waals surface area contributed by atoms with Gasteiger partial charge in [-0.3, -0.25) is 14.5 Å². The van der Waals surface area contributed by atoms with E-state index in [2.05, 4.69) is 12.6 Å². The zero-order chi connectivity index (χ0) is 24.3. The van der Waals surface area contributed by atoms with Crippen molar-refractivity contribution in [3.05, 3.63) is 82.9 Å². The summed E-state index contributed by atoms with van der Waals surface area (Å²) in [5.74, 6) is -6.51. The predicted octanol–water partition coefficient (Wildman–Crippen LogP) is 5.02. The van der Waals surface area contributed by atoms with Crippen molar-refractivity contribution in [2.75, 3.05) is 12.3 Å². The van der Waals surface area contributed by atoms with E-state index in [9.17, 15) is 27.2 Å². The number of aromatic hydroxyl groups is 2. The smallest absolute Gasteiger partial charge is 0.261 e. The molecule has 0 unspecified atom stereocenters. The second kappa shape index (κ2) is 10.2. The maximum Gasteiger partial charge on any atom is 0.261 e. The molecule has 0 spiro atoms. The first-order valence-electron chi connectivity index (χ1n) is 9.23. The summed E-state index contributed by atoms with van der Waals surface area (Å²) >= 11 is 4.77. The lowest BCUT2D eigenvalue weighted by molar-refractivity contribution is 0.0664. The Bertz CT molecular complexity index is 1160. The SMILES string of the molecule is O=C1c2ccccc2C(=O)N1CCSc1cc(F)c(O)c(F)c1.Oc1c(F)cc(S)cc1F. The van der Waals surface area contributed by atoms with Crippen molar-refractivity contribution >= 4 is 36.2 Å². The molecule has 0 aliphatic carbocycles. The number of hydrogen-bond donors (Lipinski definition) is 3. The highest BCUT2D eigenvalue weighted by molar-refractivity contribution is 7.99. The van der Waals surface area contributed by atoms with Crippen molar-refractivity contribution in [1.29, 1.82) is 0 Å². The van der Waals surface area contributed by atoms with Crippen LogP contribution >= 0.6 is 24.4 Å². The number of thioether (sulfide) groups is 1. The summed E-state index contributed by atoms with van der Waals surface area (Å²) in [4.78, 5) is 25.8. The number of phenolic OH excluding ortho intramolecular Hbond substituents is 2. The average Bonchev–Trinajstić information content (AvgIpc) is 3.01. The molecule has 1 heterocycles. The third-order valence-electron chi connectivity index (χ3n) is 4.45. The second-order valence-electron chi connectivity index (χ2n) is 6.65. The summed E-state index contributed by atoms with van der Waals surface area (Å²) in [6, 6.07) is 10.4. The highest BCUT2D eigenvalue weighted by atomic mass is 32.2. The minimum absolute atomic E-state index is 0.126. The van der Waals surface area contributed by atoms with Gasteiger partial charge in [-0.15, -0.1) is 24.4 Å². The summed E-state index contributed by atoms with van der Waals surface area (Å²) in [7, 11) is 0. The van der Waals surface area contributed by atoms with E-state index in [1.807, 2.05) is 0 Å². The summed E-state index contributed by atoms with van der Waals surface area (Å²) in [6.45, 7) is 0.126. The highest BCUT2D eigenvalue weighted by Crippen LogP contribution is 2.28. The Morgan fingerprint density at radius 1 is 0.788 bits per heavy atom. The molecule has 1 aliphatic rings. The van der Waals surface area contributed by atoms with Crippen LogP contribution in [0.1, 0.15) is 20.7 Å². The van der Waals surface area contributed by atoms with Gasteiger partial charge in [-0.05, 0) is 36.4 Å². The largest absolute Gasteiger partial charge is 0.503 e. The van der Waals surface area contributed by atoms with E-state index >= 15 is 0 Å². The fourth-order valence-electron chi connectivity index (χ4n) is 2.87. The van der Waals surface area contributed by atoms with Gasteiger partial charge in [0, 0.05) is 22.1 Å². The van der Waals surface area contributed by atoms with Crippen LogP contribution < -0.4 is 0 Å². The third kappa shape index (κ3) is 5.42. The first-order chi connectivity index (χ1) is 15.6. The minimum Gasteiger partial charge on any atom is -0.503 e. The lowest BCUT2D eigenvalue weighted by atomic mass is 10.1. The standard InChI is InChI=1S/C16H11F2NO3S.C6H4F2OS/c17-12-7-9(8-13(18)14(12)20)23-6-5-19-15(21)10-3-1-2-4-11(10)16(19)22;7-4-1-3(10)2-5(8)6(4)9/h1-4,7-8,20H,5-6H2;1-2,9-10H. The fraction of sp³-hybridized carbons (Fsp3) is 0.0909. The molecule has 0 bridgehead atoms. The molecule has 3 aromatic rings. The van der Waals surface area contributed by atoms with E-state index in [1.165, 1.54) is 0 Å². The molecular formula is C22H15F4NO4S2. The number of nitrogens with zero attached hydrogens (tertiary/aromatic N) is 1. The molecule has 172 valence electrons. The van der Waals surface area contributed by atoms with Crippen molar-refractivity contribution in [3.8, 4) is 11.5 Å². The number of imide groups is 1. The fourth-order valence-corrected chi connectivity index (χ4v) is 3.98. The van der Waals surface area contributed by atoms with E-state index in [0.717, 1.165) is 40.9 Å². The van der Waals surface area contributed by atoms with Gasteiger partial charge in [-0.25, -0.2) is 17.6 Å². The normalized spacial score (nSPS) is 12.5. The van der Waals surface area contributed by atoms with E-state index < -0.39 is 34.8 Å². The van der Waals surface area contributed by atoms with Crippen LogP contribution in [0.3, 0.4) is 0 Å². The Morgan fingerprint density at radius 3 is 1.67 bits per heavy atom. The summed E-state index contributed by atoms with van der Waals surface area (Å²) in [6.07, 6.45) is 0. The Hall–Kier alpha value is -3.18. The molecule has 11 heteroatoms. The van der Waals surface area contributed by atoms with Crippen molar-refractivity contribution in [1.82, 2.24) is 4.90 Å². The predicted molar refractivity (Wildman–Crippen MR) is 116 cm³/mol. The van der Waals surface area contributed by atoms with Crippen LogP contribution in [0.15, 0.2) is 58.3 Å². The third-order valence-corrected chi connectivity index (χ3v) is 5.67. The second-order valence-corrected chi connectivity index (χ2v) is 8.33. The number of rotatable bonds is 4. The molecule has 0 saturated carbocycles. The topological polar surface area (TPSA) is 77.8 Å². The van der Waals surface area contributed by atoms with E-state index in [1.54, 1.807) is 24.3 Å². The number of carbonyl (C=O) groups excluding carboxylic acids is 2. The van der Waals surface area contributed by atoms with E-state index in [4.69, 9.17) is 10.2 Å². The van der Waals surface area contributed by atoms with Crippen LogP contribution in [0.25, 0.3) is 0 Å². The highest BCUT2D eigenvalue weighted by Gasteiger charge is 2.34. The van der Waals surface area contributed by atoms with Crippen LogP contribution in [-0.2, 0) is 0 Å². The van der Waals surface area contributed by atoms with Crippen molar-refractivity contribution < 1.29 is 37.4 Å². The van der Waals surface area contributed by atoms with Gasteiger partial charge in [0.1, 0.15) is 0 Å². The van der Waals surface area contributed by atoms with Gasteiger partial charge in [0.25, 0.3) is 11.8 Å². The molecule has 0 saturated heterocycles. The number of amides is 2. The Kier molecular flexibility index (Phi) is 7.54. The van der Waals surface area contributed by atoms with Gasteiger partial charge >= 0.3 is 0 Å². The quantitative estimate of drug-likeness (QED) is 0.204. The van der Waals surface area contributed by atoms with Crippen LogP contribution in [0.4, 0.5) is 17.6 Å².